The second-order valence-electron chi connectivity index (χ2n) is 3.03. The molecule has 0 amide bonds. The normalized spacial score (nSPS) is 10.2. The fourth-order valence-electron chi connectivity index (χ4n) is 1.16. The maximum atomic E-state index is 5.68. The van der Waals surface area contributed by atoms with Crippen molar-refractivity contribution in [3.8, 4) is 0 Å². The number of rotatable bonds is 4. The van der Waals surface area contributed by atoms with Crippen LogP contribution in [0.15, 0.2) is 29.2 Å². The van der Waals surface area contributed by atoms with Crippen LogP contribution in [-0.2, 0) is 6.42 Å². The van der Waals surface area contributed by atoms with Gasteiger partial charge < -0.3 is 5.32 Å². The van der Waals surface area contributed by atoms with Gasteiger partial charge >= 0.3 is 0 Å². The molecule has 0 unspecified atom stereocenters. The highest BCUT2D eigenvalue weighted by Crippen LogP contribution is 2.08. The average Bonchev–Trinajstić information content (AvgIpc) is 2.74. The molecule has 0 spiro atoms. The Kier molecular flexibility index (Phi) is 3.53. The lowest BCUT2D eigenvalue weighted by Gasteiger charge is -2.02. The van der Waals surface area contributed by atoms with Crippen molar-refractivity contribution < 1.29 is 0 Å². The Morgan fingerprint density at radius 3 is 2.80 bits per heavy atom. The van der Waals surface area contributed by atoms with E-state index in [4.69, 9.17) is 11.6 Å². The van der Waals surface area contributed by atoms with E-state index in [1.54, 1.807) is 23.7 Å². The van der Waals surface area contributed by atoms with E-state index in [0.717, 1.165) is 13.0 Å². The first-order valence-electron chi connectivity index (χ1n) is 4.57. The molecule has 3 nitrogen and oxygen atoms in total. The van der Waals surface area contributed by atoms with E-state index in [1.165, 1.54) is 5.56 Å². The molecule has 0 saturated carbocycles. The predicted molar refractivity (Wildman–Crippen MR) is 63.6 cm³/mol. The Morgan fingerprint density at radius 1 is 1.33 bits per heavy atom. The van der Waals surface area contributed by atoms with Crippen LogP contribution in [0.2, 0.25) is 5.02 Å². The summed E-state index contributed by atoms with van der Waals surface area (Å²) in [6.45, 7) is 0.832. The molecule has 0 bridgehead atoms. The molecule has 2 rings (SSSR count). The number of hydrogen-bond donors (Lipinski definition) is 1. The van der Waals surface area contributed by atoms with Gasteiger partial charge in [0.25, 0.3) is 0 Å². The summed E-state index contributed by atoms with van der Waals surface area (Å²) >= 11 is 7.39. The van der Waals surface area contributed by atoms with Crippen LogP contribution in [0, 0.1) is 0 Å². The van der Waals surface area contributed by atoms with Crippen molar-refractivity contribution in [2.24, 2.45) is 0 Å². The van der Waals surface area contributed by atoms with Gasteiger partial charge in [-0.1, -0.05) is 11.6 Å². The number of aromatic nitrogens is 2. The van der Waals surface area contributed by atoms with E-state index in [1.807, 2.05) is 0 Å². The van der Waals surface area contributed by atoms with Crippen LogP contribution >= 0.6 is 22.9 Å². The van der Waals surface area contributed by atoms with Crippen molar-refractivity contribution in [3.05, 3.63) is 39.8 Å². The highest BCUT2D eigenvalue weighted by molar-refractivity contribution is 7.07. The summed E-state index contributed by atoms with van der Waals surface area (Å²) in [5, 5.41) is 7.91. The summed E-state index contributed by atoms with van der Waals surface area (Å²) in [6, 6.07) is 2.12. The van der Waals surface area contributed by atoms with Gasteiger partial charge in [0.05, 0.1) is 17.4 Å². The van der Waals surface area contributed by atoms with E-state index < -0.39 is 0 Å². The van der Waals surface area contributed by atoms with Crippen LogP contribution in [0.25, 0.3) is 0 Å². The molecule has 5 heteroatoms. The Balaban J connectivity index is 1.81. The Hall–Kier alpha value is -1.13. The van der Waals surface area contributed by atoms with Crippen molar-refractivity contribution >= 4 is 28.9 Å². The first kappa shape index (κ1) is 10.4. The van der Waals surface area contributed by atoms with Crippen molar-refractivity contribution in [2.45, 2.75) is 6.42 Å². The largest absolute Gasteiger partial charge is 0.354 e. The van der Waals surface area contributed by atoms with Gasteiger partial charge in [0, 0.05) is 6.54 Å². The highest BCUT2D eigenvalue weighted by atomic mass is 35.5. The first-order valence-corrected chi connectivity index (χ1v) is 5.89. The molecule has 2 heterocycles. The Morgan fingerprint density at radius 2 is 2.13 bits per heavy atom. The van der Waals surface area contributed by atoms with Crippen LogP contribution < -0.4 is 5.32 Å². The van der Waals surface area contributed by atoms with Crippen molar-refractivity contribution in [1.29, 1.82) is 0 Å². The standard InChI is InChI=1S/C10H10ClN3S/c11-9-5-13-10(14-6-9)12-3-1-8-2-4-15-7-8/h2,4-7H,1,3H2,(H,12,13,14). The van der Waals surface area contributed by atoms with Crippen molar-refractivity contribution in [1.82, 2.24) is 9.97 Å². The molecular weight excluding hydrogens is 230 g/mol. The molecule has 0 fully saturated rings. The Bertz CT molecular complexity index is 399. The topological polar surface area (TPSA) is 37.8 Å². The highest BCUT2D eigenvalue weighted by Gasteiger charge is 1.96. The molecule has 15 heavy (non-hydrogen) atoms. The summed E-state index contributed by atoms with van der Waals surface area (Å²) in [4.78, 5) is 8.09. The van der Waals surface area contributed by atoms with Gasteiger partial charge in [-0.05, 0) is 28.8 Å². The number of thiophene rings is 1. The smallest absolute Gasteiger partial charge is 0.222 e. The van der Waals surface area contributed by atoms with Gasteiger partial charge in [0.1, 0.15) is 0 Å². The summed E-state index contributed by atoms with van der Waals surface area (Å²) in [5.41, 5.74) is 1.33. The zero-order valence-electron chi connectivity index (χ0n) is 7.98. The van der Waals surface area contributed by atoms with Gasteiger partial charge in [-0.15, -0.1) is 0 Å². The monoisotopic (exact) mass is 239 g/mol. The molecule has 2 aromatic heterocycles. The molecule has 0 radical (unpaired) electrons. The van der Waals surface area contributed by atoms with E-state index in [0.29, 0.717) is 11.0 Å². The number of anilines is 1. The fraction of sp³-hybridized carbons (Fsp3) is 0.200. The lowest BCUT2D eigenvalue weighted by molar-refractivity contribution is 0.988. The molecule has 1 N–H and O–H groups in total. The summed E-state index contributed by atoms with van der Waals surface area (Å²) in [6.07, 6.45) is 4.15. The average molecular weight is 240 g/mol. The third kappa shape index (κ3) is 3.18. The minimum Gasteiger partial charge on any atom is -0.354 e. The van der Waals surface area contributed by atoms with Gasteiger partial charge in [-0.25, -0.2) is 9.97 Å². The minimum absolute atomic E-state index is 0.554. The van der Waals surface area contributed by atoms with Crippen molar-refractivity contribution in [3.63, 3.8) is 0 Å². The maximum Gasteiger partial charge on any atom is 0.222 e. The number of nitrogens with zero attached hydrogens (tertiary/aromatic N) is 2. The zero-order chi connectivity index (χ0) is 10.5. The molecule has 0 aliphatic carbocycles. The second-order valence-corrected chi connectivity index (χ2v) is 4.25. The molecule has 2 aromatic rings. The van der Waals surface area contributed by atoms with Crippen LogP contribution in [0.3, 0.4) is 0 Å². The summed E-state index contributed by atoms with van der Waals surface area (Å²) in [7, 11) is 0. The van der Waals surface area contributed by atoms with Crippen LogP contribution in [0.5, 0.6) is 0 Å². The van der Waals surface area contributed by atoms with E-state index in [-0.39, 0.29) is 0 Å². The molecule has 0 aliphatic rings. The SMILES string of the molecule is Clc1cnc(NCCc2ccsc2)nc1. The molecule has 0 aliphatic heterocycles. The quantitative estimate of drug-likeness (QED) is 0.892. The molecule has 0 atom stereocenters. The zero-order valence-corrected chi connectivity index (χ0v) is 9.55. The van der Waals surface area contributed by atoms with Crippen molar-refractivity contribution in [2.75, 3.05) is 11.9 Å². The lowest BCUT2D eigenvalue weighted by atomic mass is 10.2. The van der Waals surface area contributed by atoms with Gasteiger partial charge in [-0.2, -0.15) is 11.3 Å². The maximum absolute atomic E-state index is 5.68. The van der Waals surface area contributed by atoms with Crippen LogP contribution in [0.4, 0.5) is 5.95 Å². The third-order valence-corrected chi connectivity index (χ3v) is 2.82. The van der Waals surface area contributed by atoms with Crippen LogP contribution in [0.1, 0.15) is 5.56 Å². The third-order valence-electron chi connectivity index (χ3n) is 1.90. The second kappa shape index (κ2) is 5.09. The minimum atomic E-state index is 0.554. The molecule has 0 saturated heterocycles. The van der Waals surface area contributed by atoms with Gasteiger partial charge in [0.15, 0.2) is 0 Å². The lowest BCUT2D eigenvalue weighted by Crippen LogP contribution is -2.06. The molecule has 0 aromatic carbocycles. The predicted octanol–water partition coefficient (Wildman–Crippen LogP) is 2.85. The first-order chi connectivity index (χ1) is 7.34. The molecule has 78 valence electrons. The summed E-state index contributed by atoms with van der Waals surface area (Å²) < 4.78 is 0. The van der Waals surface area contributed by atoms with E-state index in [9.17, 15) is 0 Å². The van der Waals surface area contributed by atoms with E-state index in [2.05, 4.69) is 32.1 Å². The molecular formula is C10H10ClN3S. The fourth-order valence-corrected chi connectivity index (χ4v) is 1.96. The van der Waals surface area contributed by atoms with E-state index >= 15 is 0 Å². The Labute approximate surface area is 97.2 Å². The van der Waals surface area contributed by atoms with Gasteiger partial charge in [0.2, 0.25) is 5.95 Å². The number of hydrogen-bond acceptors (Lipinski definition) is 4. The summed E-state index contributed by atoms with van der Waals surface area (Å²) in [5.74, 6) is 0.620. The number of halogens is 1. The number of nitrogens with one attached hydrogen (secondary N) is 1. The van der Waals surface area contributed by atoms with Gasteiger partial charge in [-0.3, -0.25) is 0 Å². The van der Waals surface area contributed by atoms with Crippen LogP contribution in [-0.4, -0.2) is 16.5 Å².